The summed E-state index contributed by atoms with van der Waals surface area (Å²) in [6.45, 7) is 2.90. The van der Waals surface area contributed by atoms with Crippen LogP contribution in [0.25, 0.3) is 0 Å². The molecule has 0 aliphatic heterocycles. The lowest BCUT2D eigenvalue weighted by atomic mass is 10.2. The molecule has 2 N–H and O–H groups in total. The molecule has 43 heavy (non-hydrogen) atoms. The van der Waals surface area contributed by atoms with Crippen LogP contribution < -0.4 is 19.0 Å². The fourth-order valence-corrected chi connectivity index (χ4v) is 4.70. The molecule has 4 rings (SSSR count). The predicted molar refractivity (Wildman–Crippen MR) is 171 cm³/mol. The maximum atomic E-state index is 9.26. The normalized spacial score (nSPS) is 11.4. The Morgan fingerprint density at radius 2 is 1.35 bits per heavy atom. The number of para-hydroxylation sites is 1. The second kappa shape index (κ2) is 17.5. The number of aliphatic hydroxyl groups excluding tert-OH is 2. The first-order valence-corrected chi connectivity index (χ1v) is 14.9. The number of hydrogen-bond acceptors (Lipinski definition) is 7. The van der Waals surface area contributed by atoms with Gasteiger partial charge in [-0.3, -0.25) is 5.01 Å². The smallest absolute Gasteiger partial charge is 0.350 e. The van der Waals surface area contributed by atoms with Crippen LogP contribution in [0.4, 0.5) is 22.9 Å². The van der Waals surface area contributed by atoms with Gasteiger partial charge in [-0.2, -0.15) is 5.10 Å². The van der Waals surface area contributed by atoms with Crippen molar-refractivity contribution in [1.29, 1.82) is 0 Å². The maximum Gasteiger partial charge on any atom is 0.350 e. The quantitative estimate of drug-likeness (QED) is 0.0590. The molecule has 9 nitrogen and oxygen atoms in total. The highest BCUT2D eigenvalue weighted by molar-refractivity contribution is 5.79. The summed E-state index contributed by atoms with van der Waals surface area (Å²) in [5.74, 6) is 0.822. The maximum absolute atomic E-state index is 9.26. The molecule has 0 saturated carbocycles. The Kier molecular flexibility index (Phi) is 12.8. The van der Waals surface area contributed by atoms with E-state index in [0.29, 0.717) is 13.1 Å². The van der Waals surface area contributed by atoms with E-state index in [1.165, 1.54) is 0 Å². The van der Waals surface area contributed by atoms with Crippen molar-refractivity contribution in [2.75, 3.05) is 43.3 Å². The molecule has 0 spiro atoms. The van der Waals surface area contributed by atoms with Crippen LogP contribution in [0.3, 0.4) is 0 Å². The largest absolute Gasteiger partial charge is 0.395 e. The number of hydrogen-bond donors (Lipinski definition) is 2. The number of unbranched alkanes of at least 4 members (excludes halogenated alkanes) is 3. The van der Waals surface area contributed by atoms with Gasteiger partial charge < -0.3 is 15.1 Å². The summed E-state index contributed by atoms with van der Waals surface area (Å²) in [7, 11) is 1.95. The zero-order valence-electron chi connectivity index (χ0n) is 25.0. The number of azo groups is 1. The molecule has 0 amide bonds. The Balaban J connectivity index is 1.18. The molecular weight excluding hydrogens is 538 g/mol. The van der Waals surface area contributed by atoms with E-state index in [2.05, 4.69) is 55.2 Å². The third kappa shape index (κ3) is 10.4. The molecule has 0 saturated heterocycles. The summed E-state index contributed by atoms with van der Waals surface area (Å²) < 4.78 is 4.37. The van der Waals surface area contributed by atoms with Gasteiger partial charge in [-0.15, -0.1) is 0 Å². The molecule has 224 valence electrons. The first-order valence-electron chi connectivity index (χ1n) is 14.9. The average molecular weight is 582 g/mol. The van der Waals surface area contributed by atoms with Gasteiger partial charge >= 0.3 is 5.82 Å². The molecule has 2 heterocycles. The topological polar surface area (TPSA) is 91.8 Å². The standard InChI is InChI=1S/C34H43N7O2/c1-38(32-11-5-4-6-12-32)35-29-30-18-23-39(24-19-30)20-8-2-3-9-21-41-22-10-7-13-34(41)37-36-31-14-16-33(17-15-31)40(25-27-42)26-28-43/h4-7,10-19,22-24,29,42-43H,2-3,8-9,20-21,25-28H2,1H3/q+2. The fraction of sp³-hybridized carbons (Fsp3) is 0.324. The number of nitrogens with zero attached hydrogens (tertiary/aromatic N) is 7. The van der Waals surface area contributed by atoms with E-state index >= 15 is 0 Å². The van der Waals surface area contributed by atoms with E-state index in [-0.39, 0.29) is 13.2 Å². The van der Waals surface area contributed by atoms with E-state index in [1.807, 2.05) is 96.0 Å². The highest BCUT2D eigenvalue weighted by Crippen LogP contribution is 2.21. The van der Waals surface area contributed by atoms with Crippen molar-refractivity contribution in [3.8, 4) is 0 Å². The van der Waals surface area contributed by atoms with E-state index in [1.54, 1.807) is 0 Å². The second-order valence-corrected chi connectivity index (χ2v) is 10.3. The van der Waals surface area contributed by atoms with Gasteiger partial charge in [0.05, 0.1) is 43.0 Å². The van der Waals surface area contributed by atoms with Crippen molar-refractivity contribution >= 4 is 29.1 Å². The highest BCUT2D eigenvalue weighted by atomic mass is 16.3. The van der Waals surface area contributed by atoms with Crippen molar-refractivity contribution in [1.82, 2.24) is 0 Å². The number of aryl methyl sites for hydroxylation is 2. The van der Waals surface area contributed by atoms with Crippen molar-refractivity contribution in [3.05, 3.63) is 109 Å². The van der Waals surface area contributed by atoms with E-state index in [0.717, 1.165) is 67.2 Å². The number of aromatic nitrogens is 2. The van der Waals surface area contributed by atoms with Crippen LogP contribution in [-0.2, 0) is 13.1 Å². The van der Waals surface area contributed by atoms with Crippen LogP contribution in [0.1, 0.15) is 31.2 Å². The average Bonchev–Trinajstić information content (AvgIpc) is 3.06. The van der Waals surface area contributed by atoms with Gasteiger partial charge in [-0.05, 0) is 66.8 Å². The predicted octanol–water partition coefficient (Wildman–Crippen LogP) is 5.20. The third-order valence-electron chi connectivity index (χ3n) is 7.13. The summed E-state index contributed by atoms with van der Waals surface area (Å²) in [5.41, 5.74) is 3.82. The third-order valence-corrected chi connectivity index (χ3v) is 7.13. The van der Waals surface area contributed by atoms with Crippen LogP contribution in [0.2, 0.25) is 0 Å². The molecule has 0 aliphatic carbocycles. The molecule has 4 aromatic rings. The van der Waals surface area contributed by atoms with Gasteiger partial charge in [0.2, 0.25) is 0 Å². The summed E-state index contributed by atoms with van der Waals surface area (Å²) in [6.07, 6.45) is 12.7. The van der Waals surface area contributed by atoms with Crippen LogP contribution >= 0.6 is 0 Å². The number of anilines is 2. The number of rotatable bonds is 17. The molecule has 0 unspecified atom stereocenters. The van der Waals surface area contributed by atoms with Crippen LogP contribution in [-0.4, -0.2) is 49.8 Å². The van der Waals surface area contributed by atoms with E-state index < -0.39 is 0 Å². The molecule has 0 bridgehead atoms. The van der Waals surface area contributed by atoms with E-state index in [9.17, 15) is 10.2 Å². The Bertz CT molecular complexity index is 1410. The Hall–Kier alpha value is -4.47. The van der Waals surface area contributed by atoms with Gasteiger partial charge in [0, 0.05) is 56.0 Å². The van der Waals surface area contributed by atoms with Crippen molar-refractivity contribution < 1.29 is 19.3 Å². The van der Waals surface area contributed by atoms with Gasteiger partial charge in [0.25, 0.3) is 0 Å². The van der Waals surface area contributed by atoms with Crippen LogP contribution in [0, 0.1) is 0 Å². The molecule has 9 heteroatoms. The minimum Gasteiger partial charge on any atom is -0.395 e. The molecule has 0 fully saturated rings. The van der Waals surface area contributed by atoms with Crippen molar-refractivity contribution in [2.45, 2.75) is 38.8 Å². The van der Waals surface area contributed by atoms with E-state index in [4.69, 9.17) is 0 Å². The lowest BCUT2D eigenvalue weighted by Gasteiger charge is -2.22. The number of hydrazone groups is 1. The van der Waals surface area contributed by atoms with Crippen LogP contribution in [0.5, 0.6) is 0 Å². The minimum atomic E-state index is 0.0346. The first-order chi connectivity index (χ1) is 21.2. The molecule has 2 aromatic heterocycles. The fourth-order valence-electron chi connectivity index (χ4n) is 4.70. The molecular formula is C34H43N7O2+2. The van der Waals surface area contributed by atoms with Gasteiger partial charge in [-0.25, -0.2) is 9.13 Å². The number of pyridine rings is 2. The molecule has 0 atom stereocenters. The zero-order chi connectivity index (χ0) is 30.1. The number of aliphatic hydroxyl groups is 2. The first kappa shape index (κ1) is 31.5. The summed E-state index contributed by atoms with van der Waals surface area (Å²) >= 11 is 0. The highest BCUT2D eigenvalue weighted by Gasteiger charge is 2.10. The number of benzene rings is 2. The zero-order valence-corrected chi connectivity index (χ0v) is 25.0. The minimum absolute atomic E-state index is 0.0346. The van der Waals surface area contributed by atoms with Crippen LogP contribution in [0.15, 0.2) is 119 Å². The lowest BCUT2D eigenvalue weighted by Crippen LogP contribution is -2.33. The molecule has 2 aromatic carbocycles. The molecule has 0 aliphatic rings. The van der Waals surface area contributed by atoms with Crippen molar-refractivity contribution in [2.24, 2.45) is 15.3 Å². The second-order valence-electron chi connectivity index (χ2n) is 10.3. The Labute approximate surface area is 254 Å². The van der Waals surface area contributed by atoms with Gasteiger partial charge in [0.15, 0.2) is 12.4 Å². The Morgan fingerprint density at radius 1 is 0.674 bits per heavy atom. The summed E-state index contributed by atoms with van der Waals surface area (Å²) in [6, 6.07) is 28.0. The lowest BCUT2D eigenvalue weighted by molar-refractivity contribution is -0.697. The molecule has 0 radical (unpaired) electrons. The SMILES string of the molecule is CN(N=Cc1cc[n+](CCCCCC[n+]2ccccc2N=Nc2ccc(N(CCO)CCO)cc2)cc1)c1ccccc1. The van der Waals surface area contributed by atoms with Crippen molar-refractivity contribution in [3.63, 3.8) is 0 Å². The summed E-state index contributed by atoms with van der Waals surface area (Å²) in [4.78, 5) is 1.93. The Morgan fingerprint density at radius 3 is 2.05 bits per heavy atom. The monoisotopic (exact) mass is 581 g/mol. The van der Waals surface area contributed by atoms with Gasteiger partial charge in [0.1, 0.15) is 12.2 Å². The summed E-state index contributed by atoms with van der Waals surface area (Å²) in [5, 5.41) is 33.9. The van der Waals surface area contributed by atoms with Gasteiger partial charge in [-0.1, -0.05) is 24.3 Å².